The minimum absolute atomic E-state index is 0.0548. The smallest absolute Gasteiger partial charge is 0.198 e. The summed E-state index contributed by atoms with van der Waals surface area (Å²) in [5.41, 5.74) is 0.679. The summed E-state index contributed by atoms with van der Waals surface area (Å²) in [7, 11) is 1.59. The van der Waals surface area contributed by atoms with Gasteiger partial charge in [0.2, 0.25) is 0 Å². The number of aromatic nitrogens is 3. The van der Waals surface area contributed by atoms with E-state index in [9.17, 15) is 0 Å². The molecule has 5 nitrogen and oxygen atoms in total. The summed E-state index contributed by atoms with van der Waals surface area (Å²) >= 11 is 0. The van der Waals surface area contributed by atoms with Crippen LogP contribution in [0.2, 0.25) is 0 Å². The molecule has 0 saturated carbocycles. The van der Waals surface area contributed by atoms with Gasteiger partial charge in [-0.3, -0.25) is 0 Å². The van der Waals surface area contributed by atoms with Crippen molar-refractivity contribution in [1.82, 2.24) is 14.6 Å². The lowest BCUT2D eigenvalue weighted by atomic mass is 10.4. The second-order valence-electron chi connectivity index (χ2n) is 2.85. The maximum Gasteiger partial charge on any atom is 0.198 e. The van der Waals surface area contributed by atoms with Gasteiger partial charge in [0, 0.05) is 12.6 Å². The van der Waals surface area contributed by atoms with Crippen molar-refractivity contribution in [2.75, 3.05) is 13.7 Å². The topological polar surface area (TPSA) is 59.7 Å². The molecule has 0 radical (unpaired) electrons. The fourth-order valence-corrected chi connectivity index (χ4v) is 1.29. The van der Waals surface area contributed by atoms with Gasteiger partial charge in [-0.2, -0.15) is 5.10 Å². The lowest BCUT2D eigenvalue weighted by molar-refractivity contribution is 0.296. The zero-order valence-corrected chi connectivity index (χ0v) is 7.84. The lowest BCUT2D eigenvalue weighted by Gasteiger charge is -1.98. The summed E-state index contributed by atoms with van der Waals surface area (Å²) in [4.78, 5) is 4.24. The Kier molecular flexibility index (Phi) is 2.32. The van der Waals surface area contributed by atoms with Gasteiger partial charge in [-0.15, -0.1) is 0 Å². The number of aliphatic hydroxyl groups is 1. The molecular weight excluding hydrogens is 182 g/mol. The molecule has 0 amide bonds. The first-order valence-corrected chi connectivity index (χ1v) is 4.34. The van der Waals surface area contributed by atoms with Gasteiger partial charge in [-0.25, -0.2) is 9.50 Å². The van der Waals surface area contributed by atoms with Crippen molar-refractivity contribution in [3.8, 4) is 5.75 Å². The van der Waals surface area contributed by atoms with Crippen LogP contribution in [0.15, 0.2) is 18.3 Å². The second kappa shape index (κ2) is 3.63. The van der Waals surface area contributed by atoms with E-state index in [4.69, 9.17) is 9.84 Å². The van der Waals surface area contributed by atoms with Crippen LogP contribution in [0.1, 0.15) is 5.82 Å². The summed E-state index contributed by atoms with van der Waals surface area (Å²) in [5.74, 6) is 1.31. The number of methoxy groups -OCH3 is 1. The quantitative estimate of drug-likeness (QED) is 0.760. The van der Waals surface area contributed by atoms with E-state index in [1.165, 1.54) is 0 Å². The molecular formula is C9H11N3O2. The highest BCUT2D eigenvalue weighted by molar-refractivity contribution is 5.52. The van der Waals surface area contributed by atoms with E-state index < -0.39 is 0 Å². The highest BCUT2D eigenvalue weighted by Gasteiger charge is 2.06. The molecule has 0 aliphatic carbocycles. The maximum atomic E-state index is 8.75. The summed E-state index contributed by atoms with van der Waals surface area (Å²) in [6.07, 6.45) is 2.26. The first-order valence-electron chi connectivity index (χ1n) is 4.34. The fourth-order valence-electron chi connectivity index (χ4n) is 1.29. The normalized spacial score (nSPS) is 10.7. The van der Waals surface area contributed by atoms with Gasteiger partial charge in [-0.05, 0) is 12.1 Å². The van der Waals surface area contributed by atoms with Crippen LogP contribution < -0.4 is 4.74 Å². The zero-order valence-electron chi connectivity index (χ0n) is 7.84. The van der Waals surface area contributed by atoms with Crippen LogP contribution in [0.4, 0.5) is 0 Å². The van der Waals surface area contributed by atoms with Crippen LogP contribution in [0.25, 0.3) is 5.65 Å². The monoisotopic (exact) mass is 193 g/mol. The standard InChI is InChI=1S/C9H11N3O2/c1-14-7-3-2-5-12-9(7)10-8(11-12)4-6-13/h2-3,5,13H,4,6H2,1H3. The Bertz CT molecular complexity index is 439. The number of hydrogen-bond donors (Lipinski definition) is 1. The van der Waals surface area contributed by atoms with E-state index in [0.29, 0.717) is 23.6 Å². The van der Waals surface area contributed by atoms with Crippen LogP contribution in [0.5, 0.6) is 5.75 Å². The molecule has 0 fully saturated rings. The van der Waals surface area contributed by atoms with E-state index in [2.05, 4.69) is 10.1 Å². The number of ether oxygens (including phenoxy) is 1. The van der Waals surface area contributed by atoms with Gasteiger partial charge in [0.15, 0.2) is 17.2 Å². The highest BCUT2D eigenvalue weighted by Crippen LogP contribution is 2.16. The van der Waals surface area contributed by atoms with Crippen molar-refractivity contribution >= 4 is 5.65 Å². The van der Waals surface area contributed by atoms with Crippen molar-refractivity contribution in [2.24, 2.45) is 0 Å². The summed E-state index contributed by atoms with van der Waals surface area (Å²) < 4.78 is 6.78. The first kappa shape index (κ1) is 8.96. The lowest BCUT2D eigenvalue weighted by Crippen LogP contribution is -1.93. The van der Waals surface area contributed by atoms with Crippen LogP contribution in [0, 0.1) is 0 Å². The Morgan fingerprint density at radius 2 is 2.43 bits per heavy atom. The summed E-state index contributed by atoms with van der Waals surface area (Å²) in [5, 5.41) is 12.9. The maximum absolute atomic E-state index is 8.75. The highest BCUT2D eigenvalue weighted by atomic mass is 16.5. The molecule has 0 aliphatic rings. The third-order valence-electron chi connectivity index (χ3n) is 1.93. The summed E-state index contributed by atoms with van der Waals surface area (Å²) in [6.45, 7) is 0.0548. The number of pyridine rings is 1. The molecule has 2 rings (SSSR count). The van der Waals surface area contributed by atoms with Gasteiger partial charge >= 0.3 is 0 Å². The van der Waals surface area contributed by atoms with Crippen LogP contribution in [-0.4, -0.2) is 33.4 Å². The molecule has 0 spiro atoms. The van der Waals surface area contributed by atoms with Crippen molar-refractivity contribution in [1.29, 1.82) is 0 Å². The second-order valence-corrected chi connectivity index (χ2v) is 2.85. The molecule has 0 aliphatic heterocycles. The van der Waals surface area contributed by atoms with E-state index in [1.807, 2.05) is 12.1 Å². The van der Waals surface area contributed by atoms with E-state index in [-0.39, 0.29) is 6.61 Å². The van der Waals surface area contributed by atoms with Gasteiger partial charge in [0.05, 0.1) is 13.7 Å². The third kappa shape index (κ3) is 1.42. The average Bonchev–Trinajstić information content (AvgIpc) is 2.60. The molecule has 0 unspecified atom stereocenters. The Morgan fingerprint density at radius 1 is 1.57 bits per heavy atom. The number of hydrogen-bond acceptors (Lipinski definition) is 4. The van der Waals surface area contributed by atoms with Gasteiger partial charge in [-0.1, -0.05) is 0 Å². The zero-order chi connectivity index (χ0) is 9.97. The molecule has 2 aromatic rings. The molecule has 2 aromatic heterocycles. The largest absolute Gasteiger partial charge is 0.493 e. The molecule has 2 heterocycles. The third-order valence-corrected chi connectivity index (χ3v) is 1.93. The van der Waals surface area contributed by atoms with Gasteiger partial charge < -0.3 is 9.84 Å². The van der Waals surface area contributed by atoms with Crippen molar-refractivity contribution in [2.45, 2.75) is 6.42 Å². The predicted molar refractivity (Wildman–Crippen MR) is 50.3 cm³/mol. The molecule has 0 atom stereocenters. The minimum Gasteiger partial charge on any atom is -0.493 e. The number of nitrogens with zero attached hydrogens (tertiary/aromatic N) is 3. The molecule has 5 heteroatoms. The number of rotatable bonds is 3. The Labute approximate surface area is 81.0 Å². The fraction of sp³-hybridized carbons (Fsp3) is 0.333. The molecule has 0 saturated heterocycles. The molecule has 0 bridgehead atoms. The van der Waals surface area contributed by atoms with E-state index in [1.54, 1.807) is 17.8 Å². The van der Waals surface area contributed by atoms with Crippen LogP contribution in [0.3, 0.4) is 0 Å². The van der Waals surface area contributed by atoms with Crippen LogP contribution >= 0.6 is 0 Å². The van der Waals surface area contributed by atoms with Crippen molar-refractivity contribution in [3.63, 3.8) is 0 Å². The van der Waals surface area contributed by atoms with E-state index in [0.717, 1.165) is 0 Å². The number of fused-ring (bicyclic) bond motifs is 1. The Morgan fingerprint density at radius 3 is 3.14 bits per heavy atom. The van der Waals surface area contributed by atoms with Crippen LogP contribution in [-0.2, 0) is 6.42 Å². The number of aliphatic hydroxyl groups excluding tert-OH is 1. The predicted octanol–water partition coefficient (Wildman–Crippen LogP) is 0.273. The SMILES string of the molecule is COc1cccn2nc(CCO)nc12. The molecule has 14 heavy (non-hydrogen) atoms. The Balaban J connectivity index is 2.52. The molecule has 1 N–H and O–H groups in total. The molecule has 74 valence electrons. The van der Waals surface area contributed by atoms with Crippen molar-refractivity contribution in [3.05, 3.63) is 24.2 Å². The van der Waals surface area contributed by atoms with Gasteiger partial charge in [0.25, 0.3) is 0 Å². The average molecular weight is 193 g/mol. The van der Waals surface area contributed by atoms with E-state index >= 15 is 0 Å². The molecule has 0 aromatic carbocycles. The Hall–Kier alpha value is -1.62. The van der Waals surface area contributed by atoms with Crippen molar-refractivity contribution < 1.29 is 9.84 Å². The minimum atomic E-state index is 0.0548. The van der Waals surface area contributed by atoms with Gasteiger partial charge in [0.1, 0.15) is 0 Å². The first-order chi connectivity index (χ1) is 6.85. The summed E-state index contributed by atoms with van der Waals surface area (Å²) in [6, 6.07) is 3.66.